The van der Waals surface area contributed by atoms with Crippen molar-refractivity contribution >= 4 is 11.0 Å². The third-order valence-corrected chi connectivity index (χ3v) is 3.63. The van der Waals surface area contributed by atoms with Crippen LogP contribution in [-0.4, -0.2) is 21.3 Å². The molecule has 0 unspecified atom stereocenters. The second-order valence-corrected chi connectivity index (χ2v) is 4.90. The molecule has 0 N–H and O–H groups in total. The molecular formula is C18H18O4. The van der Waals surface area contributed by atoms with Gasteiger partial charge < -0.3 is 18.6 Å². The molecule has 1 aromatic heterocycles. The number of hydrogen-bond donors (Lipinski definition) is 0. The van der Waals surface area contributed by atoms with Gasteiger partial charge in [-0.1, -0.05) is 30.3 Å². The van der Waals surface area contributed by atoms with Crippen molar-refractivity contribution in [3.05, 3.63) is 53.8 Å². The first-order valence-electron chi connectivity index (χ1n) is 7.02. The normalized spacial score (nSPS) is 10.7. The Hall–Kier alpha value is -2.62. The summed E-state index contributed by atoms with van der Waals surface area (Å²) in [6.45, 7) is 0. The van der Waals surface area contributed by atoms with E-state index in [-0.39, 0.29) is 0 Å². The maximum Gasteiger partial charge on any atom is 0.175 e. The fourth-order valence-electron chi connectivity index (χ4n) is 2.64. The summed E-state index contributed by atoms with van der Waals surface area (Å²) in [5, 5.41) is 0.801. The van der Waals surface area contributed by atoms with Crippen molar-refractivity contribution in [2.75, 3.05) is 21.3 Å². The Balaban J connectivity index is 2.16. The van der Waals surface area contributed by atoms with Gasteiger partial charge in [0.2, 0.25) is 0 Å². The second-order valence-electron chi connectivity index (χ2n) is 4.90. The first-order valence-corrected chi connectivity index (χ1v) is 7.02. The topological polar surface area (TPSA) is 40.8 Å². The van der Waals surface area contributed by atoms with E-state index in [1.165, 1.54) is 0 Å². The summed E-state index contributed by atoms with van der Waals surface area (Å²) in [6.07, 6.45) is 0.657. The van der Waals surface area contributed by atoms with E-state index in [2.05, 4.69) is 12.1 Å². The van der Waals surface area contributed by atoms with Gasteiger partial charge in [-0.05, 0) is 17.7 Å². The average Bonchev–Trinajstić information content (AvgIpc) is 2.91. The Morgan fingerprint density at radius 1 is 0.818 bits per heavy atom. The number of rotatable bonds is 5. The van der Waals surface area contributed by atoms with Gasteiger partial charge in [-0.15, -0.1) is 0 Å². The number of methoxy groups -OCH3 is 3. The maximum absolute atomic E-state index is 5.98. The van der Waals surface area contributed by atoms with Crippen LogP contribution < -0.4 is 14.2 Å². The average molecular weight is 298 g/mol. The molecule has 4 heteroatoms. The highest BCUT2D eigenvalue weighted by Gasteiger charge is 2.21. The standard InChI is InChI=1S/C18H18O4/c1-19-14-10-9-13-16(17(14)20-2)18(21-3)15(22-13)11-12-7-5-4-6-8-12/h4-10H,11H2,1-3H3. The molecule has 3 rings (SSSR count). The molecule has 114 valence electrons. The Kier molecular flexibility index (Phi) is 3.92. The van der Waals surface area contributed by atoms with Crippen molar-refractivity contribution in [3.8, 4) is 17.2 Å². The largest absolute Gasteiger partial charge is 0.493 e. The van der Waals surface area contributed by atoms with E-state index >= 15 is 0 Å². The molecule has 22 heavy (non-hydrogen) atoms. The summed E-state index contributed by atoms with van der Waals surface area (Å²) in [5.41, 5.74) is 1.88. The number of fused-ring (bicyclic) bond motifs is 1. The lowest BCUT2D eigenvalue weighted by Gasteiger charge is -2.09. The van der Waals surface area contributed by atoms with Gasteiger partial charge in [-0.25, -0.2) is 0 Å². The molecule has 0 bridgehead atoms. The summed E-state index contributed by atoms with van der Waals surface area (Å²) in [5.74, 6) is 2.74. The molecule has 0 atom stereocenters. The molecule has 0 spiro atoms. The van der Waals surface area contributed by atoms with Gasteiger partial charge >= 0.3 is 0 Å². The molecule has 4 nitrogen and oxygen atoms in total. The minimum Gasteiger partial charge on any atom is -0.493 e. The van der Waals surface area contributed by atoms with Crippen molar-refractivity contribution in [3.63, 3.8) is 0 Å². The molecule has 0 aliphatic heterocycles. The SMILES string of the molecule is COc1ccc2oc(Cc3ccccc3)c(OC)c2c1OC. The van der Waals surface area contributed by atoms with Crippen LogP contribution in [0.15, 0.2) is 46.9 Å². The molecule has 0 saturated heterocycles. The van der Waals surface area contributed by atoms with Crippen molar-refractivity contribution in [1.29, 1.82) is 0 Å². The Bertz CT molecular complexity index is 775. The first kappa shape index (κ1) is 14.3. The lowest BCUT2D eigenvalue weighted by molar-refractivity contribution is 0.356. The summed E-state index contributed by atoms with van der Waals surface area (Å²) >= 11 is 0. The molecular weight excluding hydrogens is 280 g/mol. The lowest BCUT2D eigenvalue weighted by Crippen LogP contribution is -1.93. The molecule has 2 aromatic carbocycles. The Labute approximate surface area is 129 Å². The summed E-state index contributed by atoms with van der Waals surface area (Å²) in [6, 6.07) is 13.8. The molecule has 0 fully saturated rings. The predicted molar refractivity (Wildman–Crippen MR) is 85.1 cm³/mol. The zero-order valence-electron chi connectivity index (χ0n) is 12.9. The summed E-state index contributed by atoms with van der Waals surface area (Å²) < 4.78 is 22.4. The lowest BCUT2D eigenvalue weighted by atomic mass is 10.1. The second kappa shape index (κ2) is 6.02. The van der Waals surface area contributed by atoms with E-state index in [1.54, 1.807) is 21.3 Å². The molecule has 1 heterocycles. The van der Waals surface area contributed by atoms with Crippen LogP contribution in [0.5, 0.6) is 17.2 Å². The van der Waals surface area contributed by atoms with Crippen molar-refractivity contribution < 1.29 is 18.6 Å². The molecule has 0 aliphatic rings. The van der Waals surface area contributed by atoms with Crippen LogP contribution in [0.3, 0.4) is 0 Å². The van der Waals surface area contributed by atoms with E-state index < -0.39 is 0 Å². The van der Waals surface area contributed by atoms with E-state index in [0.717, 1.165) is 22.3 Å². The van der Waals surface area contributed by atoms with Crippen LogP contribution in [0.25, 0.3) is 11.0 Å². The van der Waals surface area contributed by atoms with E-state index in [4.69, 9.17) is 18.6 Å². The molecule has 0 aliphatic carbocycles. The monoisotopic (exact) mass is 298 g/mol. The minimum atomic E-state index is 0.625. The number of hydrogen-bond acceptors (Lipinski definition) is 4. The van der Waals surface area contributed by atoms with E-state index in [9.17, 15) is 0 Å². The van der Waals surface area contributed by atoms with Crippen LogP contribution in [-0.2, 0) is 6.42 Å². The highest BCUT2D eigenvalue weighted by atomic mass is 16.5. The third-order valence-electron chi connectivity index (χ3n) is 3.63. The van der Waals surface area contributed by atoms with Gasteiger partial charge in [0.25, 0.3) is 0 Å². The molecule has 0 amide bonds. The Morgan fingerprint density at radius 3 is 2.18 bits per heavy atom. The fourth-order valence-corrected chi connectivity index (χ4v) is 2.64. The van der Waals surface area contributed by atoms with Gasteiger partial charge in [-0.3, -0.25) is 0 Å². The molecule has 0 radical (unpaired) electrons. The zero-order chi connectivity index (χ0) is 15.5. The Morgan fingerprint density at radius 2 is 1.55 bits per heavy atom. The van der Waals surface area contributed by atoms with Gasteiger partial charge in [0.05, 0.1) is 21.3 Å². The van der Waals surface area contributed by atoms with Crippen LogP contribution >= 0.6 is 0 Å². The third kappa shape index (κ3) is 2.37. The predicted octanol–water partition coefficient (Wildman–Crippen LogP) is 4.05. The zero-order valence-corrected chi connectivity index (χ0v) is 12.9. The summed E-state index contributed by atoms with van der Waals surface area (Å²) in [7, 11) is 4.86. The van der Waals surface area contributed by atoms with Gasteiger partial charge in [-0.2, -0.15) is 0 Å². The number of ether oxygens (including phenoxy) is 3. The maximum atomic E-state index is 5.98. The van der Waals surface area contributed by atoms with E-state index in [1.807, 2.05) is 30.3 Å². The highest BCUT2D eigenvalue weighted by Crippen LogP contribution is 2.44. The van der Waals surface area contributed by atoms with Gasteiger partial charge in [0, 0.05) is 6.42 Å². The van der Waals surface area contributed by atoms with Gasteiger partial charge in [0.1, 0.15) is 11.0 Å². The summed E-state index contributed by atoms with van der Waals surface area (Å²) in [4.78, 5) is 0. The first-order chi connectivity index (χ1) is 10.8. The quantitative estimate of drug-likeness (QED) is 0.712. The molecule has 0 saturated carbocycles. The van der Waals surface area contributed by atoms with Crippen LogP contribution in [0.2, 0.25) is 0 Å². The smallest absolute Gasteiger partial charge is 0.175 e. The highest BCUT2D eigenvalue weighted by molar-refractivity contribution is 5.93. The van der Waals surface area contributed by atoms with E-state index in [0.29, 0.717) is 23.7 Å². The van der Waals surface area contributed by atoms with Gasteiger partial charge in [0.15, 0.2) is 23.0 Å². The minimum absolute atomic E-state index is 0.625. The van der Waals surface area contributed by atoms with Crippen molar-refractivity contribution in [2.24, 2.45) is 0 Å². The van der Waals surface area contributed by atoms with Crippen LogP contribution in [0.1, 0.15) is 11.3 Å². The van der Waals surface area contributed by atoms with Crippen molar-refractivity contribution in [2.45, 2.75) is 6.42 Å². The van der Waals surface area contributed by atoms with Crippen LogP contribution in [0, 0.1) is 0 Å². The molecule has 3 aromatic rings. The fraction of sp³-hybridized carbons (Fsp3) is 0.222. The number of furan rings is 1. The van der Waals surface area contributed by atoms with Crippen molar-refractivity contribution in [1.82, 2.24) is 0 Å². The van der Waals surface area contributed by atoms with Crippen LogP contribution in [0.4, 0.5) is 0 Å². The number of benzene rings is 2.